The monoisotopic (exact) mass is 283 g/mol. The van der Waals surface area contributed by atoms with Crippen LogP contribution in [0.4, 0.5) is 10.5 Å². The summed E-state index contributed by atoms with van der Waals surface area (Å²) in [4.78, 5) is 11.7. The van der Waals surface area contributed by atoms with Crippen molar-refractivity contribution in [2.45, 2.75) is 26.9 Å². The van der Waals surface area contributed by atoms with Gasteiger partial charge in [-0.05, 0) is 35.6 Å². The summed E-state index contributed by atoms with van der Waals surface area (Å²) in [5, 5.41) is 2.73. The number of carbonyl (C=O) groups excluding carboxylic acids is 1. The molecule has 3 nitrogen and oxygen atoms in total. The van der Waals surface area contributed by atoms with E-state index in [-0.39, 0.29) is 6.61 Å². The molecule has 0 spiro atoms. The van der Waals surface area contributed by atoms with Crippen LogP contribution in [0.1, 0.15) is 25.0 Å². The summed E-state index contributed by atoms with van der Waals surface area (Å²) in [6.07, 6.45) is 0.606. The Bertz CT molecular complexity index is 562. The third kappa shape index (κ3) is 5.30. The van der Waals surface area contributed by atoms with E-state index in [1.165, 1.54) is 5.56 Å². The predicted molar refractivity (Wildman–Crippen MR) is 85.2 cm³/mol. The van der Waals surface area contributed by atoms with Gasteiger partial charge in [0.15, 0.2) is 0 Å². The molecule has 0 fully saturated rings. The molecule has 2 rings (SSSR count). The molecule has 0 aliphatic carbocycles. The van der Waals surface area contributed by atoms with Crippen LogP contribution in [-0.2, 0) is 17.8 Å². The van der Waals surface area contributed by atoms with Gasteiger partial charge in [0.1, 0.15) is 6.61 Å². The van der Waals surface area contributed by atoms with Crippen LogP contribution in [0.25, 0.3) is 0 Å². The second kappa shape index (κ2) is 7.48. The van der Waals surface area contributed by atoms with Gasteiger partial charge < -0.3 is 4.74 Å². The Kier molecular flexibility index (Phi) is 5.38. The minimum atomic E-state index is -0.435. The van der Waals surface area contributed by atoms with Gasteiger partial charge in [-0.25, -0.2) is 4.79 Å². The van der Waals surface area contributed by atoms with Gasteiger partial charge >= 0.3 is 6.09 Å². The largest absolute Gasteiger partial charge is 0.444 e. The summed E-state index contributed by atoms with van der Waals surface area (Å²) < 4.78 is 5.18. The van der Waals surface area contributed by atoms with Gasteiger partial charge in [0.2, 0.25) is 0 Å². The number of carbonyl (C=O) groups is 1. The summed E-state index contributed by atoms with van der Waals surface area (Å²) in [5.41, 5.74) is 2.99. The smallest absolute Gasteiger partial charge is 0.411 e. The minimum absolute atomic E-state index is 0.276. The molecule has 2 aromatic carbocycles. The van der Waals surface area contributed by atoms with Crippen LogP contribution in [-0.4, -0.2) is 6.09 Å². The molecular weight excluding hydrogens is 262 g/mol. The van der Waals surface area contributed by atoms with Crippen molar-refractivity contribution in [1.82, 2.24) is 0 Å². The van der Waals surface area contributed by atoms with Crippen LogP contribution in [0.3, 0.4) is 0 Å². The molecule has 0 bridgehead atoms. The molecule has 0 aliphatic heterocycles. The number of nitrogens with one attached hydrogen (secondary N) is 1. The Morgan fingerprint density at radius 1 is 1.00 bits per heavy atom. The fraction of sp³-hybridized carbons (Fsp3) is 0.278. The van der Waals surface area contributed by atoms with Crippen LogP contribution in [0, 0.1) is 5.92 Å². The van der Waals surface area contributed by atoms with Crippen molar-refractivity contribution in [3.05, 3.63) is 65.7 Å². The molecule has 1 N–H and O–H groups in total. The average Bonchev–Trinajstić information content (AvgIpc) is 2.48. The second-order valence-corrected chi connectivity index (χ2v) is 5.48. The molecule has 2 aromatic rings. The van der Waals surface area contributed by atoms with Crippen LogP contribution < -0.4 is 5.32 Å². The predicted octanol–water partition coefficient (Wildman–Crippen LogP) is 4.63. The first-order valence-electron chi connectivity index (χ1n) is 7.20. The summed E-state index contributed by atoms with van der Waals surface area (Å²) >= 11 is 0. The Hall–Kier alpha value is -2.29. The lowest BCUT2D eigenvalue weighted by molar-refractivity contribution is 0.155. The van der Waals surface area contributed by atoms with Crippen molar-refractivity contribution in [3.8, 4) is 0 Å². The maximum atomic E-state index is 11.7. The van der Waals surface area contributed by atoms with E-state index in [1.807, 2.05) is 54.6 Å². The average molecular weight is 283 g/mol. The number of ether oxygens (including phenoxy) is 1. The van der Waals surface area contributed by atoms with Gasteiger partial charge in [-0.15, -0.1) is 0 Å². The Labute approximate surface area is 126 Å². The first-order chi connectivity index (χ1) is 10.1. The van der Waals surface area contributed by atoms with Crippen LogP contribution >= 0.6 is 0 Å². The van der Waals surface area contributed by atoms with Crippen molar-refractivity contribution in [2.24, 2.45) is 5.92 Å². The number of anilines is 1. The molecule has 3 heteroatoms. The molecule has 0 radical (unpaired) electrons. The molecule has 21 heavy (non-hydrogen) atoms. The highest BCUT2D eigenvalue weighted by atomic mass is 16.5. The topological polar surface area (TPSA) is 38.3 Å². The first kappa shape index (κ1) is 15.1. The number of hydrogen-bond donors (Lipinski definition) is 1. The van der Waals surface area contributed by atoms with Gasteiger partial charge in [-0.2, -0.15) is 0 Å². The molecule has 0 heterocycles. The third-order valence-corrected chi connectivity index (χ3v) is 3.06. The molecule has 0 aromatic heterocycles. The van der Waals surface area contributed by atoms with Crippen molar-refractivity contribution in [2.75, 3.05) is 5.32 Å². The van der Waals surface area contributed by atoms with Crippen molar-refractivity contribution >= 4 is 11.8 Å². The van der Waals surface area contributed by atoms with E-state index in [0.717, 1.165) is 17.7 Å². The van der Waals surface area contributed by atoms with Crippen LogP contribution in [0.2, 0.25) is 0 Å². The van der Waals surface area contributed by atoms with E-state index in [2.05, 4.69) is 19.2 Å². The van der Waals surface area contributed by atoms with Crippen molar-refractivity contribution in [3.63, 3.8) is 0 Å². The fourth-order valence-electron chi connectivity index (χ4n) is 2.07. The standard InChI is InChI=1S/C18H21NO2/c1-14(2)12-15-8-10-17(11-9-15)19-18(20)21-13-16-6-4-3-5-7-16/h3-11,14H,12-13H2,1-2H3,(H,19,20). The highest BCUT2D eigenvalue weighted by Crippen LogP contribution is 2.13. The van der Waals surface area contributed by atoms with Crippen LogP contribution in [0.15, 0.2) is 54.6 Å². The van der Waals surface area contributed by atoms with Crippen molar-refractivity contribution in [1.29, 1.82) is 0 Å². The molecule has 0 atom stereocenters. The zero-order valence-electron chi connectivity index (χ0n) is 12.5. The van der Waals surface area contributed by atoms with E-state index in [1.54, 1.807) is 0 Å². The fourth-order valence-corrected chi connectivity index (χ4v) is 2.07. The zero-order chi connectivity index (χ0) is 15.1. The van der Waals surface area contributed by atoms with Crippen molar-refractivity contribution < 1.29 is 9.53 Å². The molecule has 0 saturated heterocycles. The maximum Gasteiger partial charge on any atom is 0.411 e. The number of amides is 1. The summed E-state index contributed by atoms with van der Waals surface area (Å²) in [5.74, 6) is 0.625. The minimum Gasteiger partial charge on any atom is -0.444 e. The molecule has 1 amide bonds. The Balaban J connectivity index is 1.82. The first-order valence-corrected chi connectivity index (χ1v) is 7.20. The van der Waals surface area contributed by atoms with E-state index in [9.17, 15) is 4.79 Å². The normalized spacial score (nSPS) is 10.4. The number of benzene rings is 2. The molecule has 110 valence electrons. The maximum absolute atomic E-state index is 11.7. The lowest BCUT2D eigenvalue weighted by atomic mass is 10.0. The summed E-state index contributed by atoms with van der Waals surface area (Å²) in [7, 11) is 0. The number of hydrogen-bond acceptors (Lipinski definition) is 2. The van der Waals surface area contributed by atoms with Gasteiger partial charge in [0, 0.05) is 5.69 Å². The van der Waals surface area contributed by atoms with Gasteiger partial charge in [0.05, 0.1) is 0 Å². The van der Waals surface area contributed by atoms with E-state index in [4.69, 9.17) is 4.74 Å². The lowest BCUT2D eigenvalue weighted by Gasteiger charge is -2.09. The van der Waals surface area contributed by atoms with Gasteiger partial charge in [-0.1, -0.05) is 56.3 Å². The van der Waals surface area contributed by atoms with E-state index >= 15 is 0 Å². The molecule has 0 aliphatic rings. The van der Waals surface area contributed by atoms with Crippen LogP contribution in [0.5, 0.6) is 0 Å². The number of rotatable bonds is 5. The molecular formula is C18H21NO2. The lowest BCUT2D eigenvalue weighted by Crippen LogP contribution is -2.13. The Morgan fingerprint density at radius 2 is 1.67 bits per heavy atom. The highest BCUT2D eigenvalue weighted by molar-refractivity contribution is 5.84. The van der Waals surface area contributed by atoms with Gasteiger partial charge in [-0.3, -0.25) is 5.32 Å². The third-order valence-electron chi connectivity index (χ3n) is 3.06. The summed E-state index contributed by atoms with van der Waals surface area (Å²) in [6.45, 7) is 4.65. The SMILES string of the molecule is CC(C)Cc1ccc(NC(=O)OCc2ccccc2)cc1. The quantitative estimate of drug-likeness (QED) is 0.868. The highest BCUT2D eigenvalue weighted by Gasteiger charge is 2.04. The zero-order valence-corrected chi connectivity index (χ0v) is 12.5. The van der Waals surface area contributed by atoms with E-state index < -0.39 is 6.09 Å². The molecule has 0 unspecified atom stereocenters. The summed E-state index contributed by atoms with van der Waals surface area (Å²) in [6, 6.07) is 17.5. The molecule has 0 saturated carbocycles. The van der Waals surface area contributed by atoms with E-state index in [0.29, 0.717) is 5.92 Å². The van der Waals surface area contributed by atoms with Gasteiger partial charge in [0.25, 0.3) is 0 Å². The second-order valence-electron chi connectivity index (χ2n) is 5.48. The Morgan fingerprint density at radius 3 is 2.29 bits per heavy atom.